The predicted octanol–water partition coefficient (Wildman–Crippen LogP) is 3.72. The Morgan fingerprint density at radius 3 is 2.70 bits per heavy atom. The average Bonchev–Trinajstić information content (AvgIpc) is 3.16. The quantitative estimate of drug-likeness (QED) is 0.349. The summed E-state index contributed by atoms with van der Waals surface area (Å²) >= 11 is 1.74. The van der Waals surface area contributed by atoms with E-state index < -0.39 is 9.84 Å². The number of hydrogen-bond acceptors (Lipinski definition) is 4. The lowest BCUT2D eigenvalue weighted by Gasteiger charge is -2.31. The Labute approximate surface area is 184 Å². The first kappa shape index (κ1) is 22.9. The maximum atomic E-state index is 11.7. The highest BCUT2D eigenvalue weighted by Crippen LogP contribution is 2.24. The zero-order chi connectivity index (χ0) is 18.6. The maximum Gasteiger partial charge on any atom is 0.191 e. The second kappa shape index (κ2) is 10.4. The first-order chi connectivity index (χ1) is 12.4. The fourth-order valence-corrected chi connectivity index (χ4v) is 6.54. The number of hydrogen-bond donors (Lipinski definition) is 2. The monoisotopic (exact) mass is 525 g/mol. The van der Waals surface area contributed by atoms with E-state index in [0.717, 1.165) is 12.4 Å². The smallest absolute Gasteiger partial charge is 0.191 e. The van der Waals surface area contributed by atoms with E-state index in [1.807, 2.05) is 0 Å². The van der Waals surface area contributed by atoms with Crippen LogP contribution >= 0.6 is 35.3 Å². The van der Waals surface area contributed by atoms with Crippen molar-refractivity contribution in [2.45, 2.75) is 58.5 Å². The number of thiophene rings is 1. The molecular formula is C19H32IN3O2S2. The van der Waals surface area contributed by atoms with Crippen LogP contribution in [0, 0.1) is 18.8 Å². The van der Waals surface area contributed by atoms with Gasteiger partial charge in [-0.1, -0.05) is 19.8 Å². The lowest BCUT2D eigenvalue weighted by Crippen LogP contribution is -2.48. The van der Waals surface area contributed by atoms with Crippen LogP contribution in [-0.4, -0.2) is 38.5 Å². The number of nitrogens with one attached hydrogen (secondary N) is 2. The van der Waals surface area contributed by atoms with E-state index in [-0.39, 0.29) is 29.9 Å². The van der Waals surface area contributed by atoms with Gasteiger partial charge in [-0.05, 0) is 55.0 Å². The van der Waals surface area contributed by atoms with Crippen molar-refractivity contribution < 1.29 is 8.42 Å². The maximum absolute atomic E-state index is 11.7. The van der Waals surface area contributed by atoms with Gasteiger partial charge in [-0.15, -0.1) is 35.3 Å². The molecule has 0 spiro atoms. The van der Waals surface area contributed by atoms with Crippen molar-refractivity contribution in [2.24, 2.45) is 16.8 Å². The Balaban J connectivity index is 0.00000261. The molecule has 1 aromatic heterocycles. The van der Waals surface area contributed by atoms with E-state index in [0.29, 0.717) is 36.6 Å². The van der Waals surface area contributed by atoms with E-state index in [2.05, 4.69) is 35.9 Å². The molecule has 0 amide bonds. The number of rotatable bonds is 5. The fourth-order valence-electron chi connectivity index (χ4n) is 3.85. The molecule has 3 unspecified atom stereocenters. The molecule has 1 saturated carbocycles. The fraction of sp³-hybridized carbons (Fsp3) is 0.737. The molecule has 27 heavy (non-hydrogen) atoms. The van der Waals surface area contributed by atoms with Gasteiger partial charge in [-0.2, -0.15) is 0 Å². The SMILES string of the molecule is Cc1ccsc1CN=C(NCC1CCS(=O)(=O)C1)NC1CCCCC1C.I. The van der Waals surface area contributed by atoms with Crippen LogP contribution in [0.15, 0.2) is 16.4 Å². The summed E-state index contributed by atoms with van der Waals surface area (Å²) < 4.78 is 23.4. The van der Waals surface area contributed by atoms with Gasteiger partial charge >= 0.3 is 0 Å². The molecule has 8 heteroatoms. The summed E-state index contributed by atoms with van der Waals surface area (Å²) in [5.74, 6) is 2.30. The minimum atomic E-state index is -2.83. The molecule has 1 aliphatic carbocycles. The van der Waals surface area contributed by atoms with E-state index in [4.69, 9.17) is 4.99 Å². The number of nitrogens with zero attached hydrogens (tertiary/aromatic N) is 1. The van der Waals surface area contributed by atoms with Crippen molar-refractivity contribution >= 4 is 51.1 Å². The molecule has 0 bridgehead atoms. The summed E-state index contributed by atoms with van der Waals surface area (Å²) in [6, 6.07) is 2.58. The van der Waals surface area contributed by atoms with Crippen LogP contribution in [0.1, 0.15) is 49.5 Å². The summed E-state index contributed by atoms with van der Waals surface area (Å²) in [6.45, 7) is 5.77. The van der Waals surface area contributed by atoms with Gasteiger partial charge in [0.15, 0.2) is 15.8 Å². The van der Waals surface area contributed by atoms with Crippen molar-refractivity contribution in [3.63, 3.8) is 0 Å². The zero-order valence-corrected chi connectivity index (χ0v) is 20.2. The summed E-state index contributed by atoms with van der Waals surface area (Å²) in [5.41, 5.74) is 1.28. The van der Waals surface area contributed by atoms with Crippen molar-refractivity contribution in [3.8, 4) is 0 Å². The summed E-state index contributed by atoms with van der Waals surface area (Å²) in [7, 11) is -2.83. The number of aryl methyl sites for hydroxylation is 1. The molecule has 154 valence electrons. The highest BCUT2D eigenvalue weighted by Gasteiger charge is 2.28. The van der Waals surface area contributed by atoms with Crippen LogP contribution in [0.4, 0.5) is 0 Å². The predicted molar refractivity (Wildman–Crippen MR) is 125 cm³/mol. The molecule has 0 aromatic carbocycles. The van der Waals surface area contributed by atoms with Crippen molar-refractivity contribution in [2.75, 3.05) is 18.1 Å². The third kappa shape index (κ3) is 6.88. The van der Waals surface area contributed by atoms with Gasteiger partial charge in [-0.25, -0.2) is 13.4 Å². The van der Waals surface area contributed by atoms with Crippen LogP contribution in [0.5, 0.6) is 0 Å². The lowest BCUT2D eigenvalue weighted by molar-refractivity contribution is 0.306. The third-order valence-electron chi connectivity index (χ3n) is 5.67. The first-order valence-electron chi connectivity index (χ1n) is 9.71. The summed E-state index contributed by atoms with van der Waals surface area (Å²) in [5, 5.41) is 9.16. The molecule has 3 atom stereocenters. The Morgan fingerprint density at radius 2 is 2.07 bits per heavy atom. The van der Waals surface area contributed by atoms with Gasteiger partial charge in [0.2, 0.25) is 0 Å². The minimum Gasteiger partial charge on any atom is -0.356 e. The van der Waals surface area contributed by atoms with Crippen LogP contribution in [0.3, 0.4) is 0 Å². The standard InChI is InChI=1S/C19H31N3O2S2.HI/c1-14-5-3-4-6-17(14)22-19(21-12-18-15(2)7-9-25-18)20-11-16-8-10-26(23,24)13-16;/h7,9,14,16-17H,3-6,8,10-13H2,1-2H3,(H2,20,21,22);1H. The normalized spacial score (nSPS) is 27.8. The number of aliphatic imine (C=N–C) groups is 1. The molecule has 1 aliphatic heterocycles. The Morgan fingerprint density at radius 1 is 1.30 bits per heavy atom. The second-order valence-electron chi connectivity index (χ2n) is 7.85. The topological polar surface area (TPSA) is 70.6 Å². The number of guanidine groups is 1. The van der Waals surface area contributed by atoms with E-state index >= 15 is 0 Å². The molecule has 2 heterocycles. The van der Waals surface area contributed by atoms with Crippen molar-refractivity contribution in [1.29, 1.82) is 0 Å². The van der Waals surface area contributed by atoms with Gasteiger partial charge in [0.1, 0.15) is 0 Å². The Hall–Kier alpha value is -0.350. The number of sulfone groups is 1. The molecule has 0 radical (unpaired) electrons. The second-order valence-corrected chi connectivity index (χ2v) is 11.1. The summed E-state index contributed by atoms with van der Waals surface area (Å²) in [4.78, 5) is 6.09. The highest BCUT2D eigenvalue weighted by atomic mass is 127. The first-order valence-corrected chi connectivity index (χ1v) is 12.4. The zero-order valence-electron chi connectivity index (χ0n) is 16.2. The molecule has 1 aromatic rings. The average molecular weight is 526 g/mol. The minimum absolute atomic E-state index is 0. The summed E-state index contributed by atoms with van der Waals surface area (Å²) in [6.07, 6.45) is 5.77. The van der Waals surface area contributed by atoms with Gasteiger partial charge in [0, 0.05) is 17.5 Å². The Bertz CT molecular complexity index is 733. The van der Waals surface area contributed by atoms with Crippen molar-refractivity contribution in [1.82, 2.24) is 10.6 Å². The largest absolute Gasteiger partial charge is 0.356 e. The number of halogens is 1. The molecular weight excluding hydrogens is 493 g/mol. The molecule has 1 saturated heterocycles. The Kier molecular flexibility index (Phi) is 8.86. The van der Waals surface area contributed by atoms with E-state index in [9.17, 15) is 8.42 Å². The third-order valence-corrected chi connectivity index (χ3v) is 8.51. The van der Waals surface area contributed by atoms with Gasteiger partial charge in [-0.3, -0.25) is 0 Å². The van der Waals surface area contributed by atoms with Crippen LogP contribution in [0.25, 0.3) is 0 Å². The lowest BCUT2D eigenvalue weighted by atomic mass is 9.86. The molecule has 2 fully saturated rings. The van der Waals surface area contributed by atoms with Crippen molar-refractivity contribution in [3.05, 3.63) is 21.9 Å². The van der Waals surface area contributed by atoms with Crippen LogP contribution < -0.4 is 10.6 Å². The molecule has 2 N–H and O–H groups in total. The molecule has 5 nitrogen and oxygen atoms in total. The van der Waals surface area contributed by atoms with Crippen LogP contribution in [-0.2, 0) is 16.4 Å². The van der Waals surface area contributed by atoms with Gasteiger partial charge in [0.05, 0.1) is 18.1 Å². The van der Waals surface area contributed by atoms with E-state index in [1.54, 1.807) is 11.3 Å². The van der Waals surface area contributed by atoms with Gasteiger partial charge in [0.25, 0.3) is 0 Å². The molecule has 3 rings (SSSR count). The van der Waals surface area contributed by atoms with E-state index in [1.165, 1.54) is 36.1 Å². The highest BCUT2D eigenvalue weighted by molar-refractivity contribution is 14.0. The van der Waals surface area contributed by atoms with Gasteiger partial charge < -0.3 is 10.6 Å². The molecule has 2 aliphatic rings. The van der Waals surface area contributed by atoms with Crippen LogP contribution in [0.2, 0.25) is 0 Å².